The molecule has 0 aromatic carbocycles. The average molecular weight is 1800 g/mol. The van der Waals surface area contributed by atoms with Gasteiger partial charge in [-0.25, -0.2) is 9.59 Å². The van der Waals surface area contributed by atoms with Gasteiger partial charge in [-0.05, 0) is 6.92 Å². The summed E-state index contributed by atoms with van der Waals surface area (Å²) in [5, 5.41) is 321. The smallest absolute Gasteiger partial charge is 0.364 e. The second kappa shape index (κ2) is 43.2. The average Bonchev–Trinajstić information content (AvgIpc) is 0.758. The highest BCUT2D eigenvalue weighted by Gasteiger charge is 2.64. The maximum Gasteiger partial charge on any atom is 0.364 e. The predicted molar refractivity (Wildman–Crippen MR) is 376 cm³/mol. The molecule has 1 unspecified atom stereocenters. The summed E-state index contributed by atoms with van der Waals surface area (Å²) >= 11 is 0. The van der Waals surface area contributed by atoms with E-state index < -0.39 is 389 Å². The molecule has 55 heteroatoms. The number of carboxylic acids is 2. The molecule has 9 aliphatic heterocycles. The van der Waals surface area contributed by atoms with E-state index in [1.54, 1.807) is 0 Å². The van der Waals surface area contributed by atoms with Gasteiger partial charge in [0.25, 0.3) is 11.6 Å². The molecule has 32 N–H and O–H groups in total. The first-order valence-corrected chi connectivity index (χ1v) is 38.7. The lowest BCUT2D eigenvalue weighted by Crippen LogP contribution is -2.72. The second-order valence-electron chi connectivity index (χ2n) is 31.0. The highest BCUT2D eigenvalue weighted by atomic mass is 16.8. The van der Waals surface area contributed by atoms with Crippen molar-refractivity contribution in [1.29, 1.82) is 0 Å². The standard InChI is InChI=1S/C68H112N4O51/c1-16-35(87)42(94)46(98)61(109-16)119-55-34(72-20(5)82)59(113-28(13-78)51(55)117-62-47(99)43(95)38(90)25(10-75)111-62)107-14-29-41(93)56(48(100)63(115-29)116-50-27(12-77)110-58(102)45(97)44(50)96)120-60-33(71-19(4)81)52(40(92)30(114-60)15-108-67(65(103)104)6-21(83)31(69-17(2)79)53(121-67)36(88)23(85)8-73)118-64-49(101)57(39(91)26(11-76)112-64)123-68(66(105)106)7-22(84)32(70-18(3)80)54(122-68)37(89)24(86)9-74/h16,21-64,73-78,83-102H,6-15H2,1-5H3,(H,69,79)(H,70,80)(H,71,81)(H,72,82)(H,103,104)(H,105,106)/t16-,21+,22+,23+,24+,25+,26+,27-,28-,29-,30+,31-,32-,33-,34?,35+,36+,37-,38-,39-,40+,41-,42-,43+,44+,45+,46+,47-,48-,49-,50-,51-,52-,53+,54+,55+,56-,57+,58+,59+,60-,61-,62-,63+,64-,67-,68+/m1/s1. The van der Waals surface area contributed by atoms with Gasteiger partial charge in [0.15, 0.2) is 44.0 Å². The molecule has 55 nitrogen and oxygen atoms in total. The number of aliphatic hydroxyl groups excluding tert-OH is 26. The molecule has 9 fully saturated rings. The van der Waals surface area contributed by atoms with Crippen molar-refractivity contribution in [3.63, 3.8) is 0 Å². The molecule has 47 atom stereocenters. The number of hydrogen-bond acceptors (Lipinski definition) is 49. The Morgan fingerprint density at radius 1 is 0.358 bits per heavy atom. The van der Waals surface area contributed by atoms with E-state index in [0.29, 0.717) is 0 Å². The highest BCUT2D eigenvalue weighted by molar-refractivity contribution is 5.78. The number of aliphatic carboxylic acids is 2. The van der Waals surface area contributed by atoms with Gasteiger partial charge in [0.2, 0.25) is 23.6 Å². The molecule has 9 saturated heterocycles. The maximum absolute atomic E-state index is 13.8. The lowest BCUT2D eigenvalue weighted by molar-refractivity contribution is -0.393. The molecule has 9 rings (SSSR count). The van der Waals surface area contributed by atoms with Crippen LogP contribution in [0.15, 0.2) is 0 Å². The molecule has 710 valence electrons. The zero-order valence-corrected chi connectivity index (χ0v) is 66.0. The van der Waals surface area contributed by atoms with E-state index in [9.17, 15) is 172 Å². The Morgan fingerprint density at radius 3 is 1.24 bits per heavy atom. The fraction of sp³-hybridized carbons (Fsp3) is 0.912. The third-order valence-electron chi connectivity index (χ3n) is 22.3. The van der Waals surface area contributed by atoms with Crippen molar-refractivity contribution in [3.8, 4) is 0 Å². The largest absolute Gasteiger partial charge is 0.477 e. The molecule has 0 saturated carbocycles. The number of carboxylic acid groups (broad SMARTS) is 2. The highest BCUT2D eigenvalue weighted by Crippen LogP contribution is 2.43. The fourth-order valence-electron chi connectivity index (χ4n) is 15.7. The summed E-state index contributed by atoms with van der Waals surface area (Å²) in [7, 11) is 0. The SMILES string of the molecule is CC(=O)NC1[C@@H](OC[C@H]2O[C@@H](O[C@H]3[C@@H](O)[C@H](O)[C@@H](O)O[C@@H]3CO)[C@H](O)[C@H](O[C@H]3O[C@@H](CO[C@]4(C(=O)O)C[C@H](O)[C@@H](NC(C)=O)[C@@H]([C@@H](O)[C@@H](O)CO)O4)[C@H](O)[C@H](O[C@H]4O[C@@H](CO)[C@@H](O)[C@H](O[C@]5(C(=O)O)C[C@H](O)[C@@H](NC(C)=O)[C@@H]([C@H](O)[C@@H](O)CO)O5)[C@H]4O)[C@H]3NC(C)=O)[C@@H]2O)O[C@H](CO)[C@@H](O[C@H]2O[C@@H](CO)[C@@H](O)[C@H](O)[C@H]2O)[C@H]1O[C@H]1O[C@H](C)[C@H](O)[C@@H](O)[C@@H]1O. The Kier molecular flexibility index (Phi) is 35.8. The summed E-state index contributed by atoms with van der Waals surface area (Å²) in [5.74, 6) is -15.4. The summed E-state index contributed by atoms with van der Waals surface area (Å²) in [6.07, 6.45) is -95.5. The van der Waals surface area contributed by atoms with Gasteiger partial charge in [-0.15, -0.1) is 0 Å². The van der Waals surface area contributed by atoms with Crippen molar-refractivity contribution in [3.05, 3.63) is 0 Å². The van der Waals surface area contributed by atoms with Gasteiger partial charge in [-0.1, -0.05) is 0 Å². The van der Waals surface area contributed by atoms with Crippen molar-refractivity contribution < 1.29 is 252 Å². The van der Waals surface area contributed by atoms with Crippen molar-refractivity contribution in [1.82, 2.24) is 21.3 Å². The van der Waals surface area contributed by atoms with Gasteiger partial charge in [0.05, 0.1) is 83.3 Å². The van der Waals surface area contributed by atoms with Crippen LogP contribution in [0, 0.1) is 0 Å². The summed E-state index contributed by atoms with van der Waals surface area (Å²) in [5.41, 5.74) is 0. The van der Waals surface area contributed by atoms with Crippen LogP contribution in [0.3, 0.4) is 0 Å². The first-order chi connectivity index (χ1) is 57.8. The van der Waals surface area contributed by atoms with Crippen LogP contribution in [0.1, 0.15) is 47.5 Å². The monoisotopic (exact) mass is 1800 g/mol. The van der Waals surface area contributed by atoms with Crippen LogP contribution in [0.5, 0.6) is 0 Å². The molecular formula is C68H112N4O51. The third kappa shape index (κ3) is 22.4. The normalized spacial score (nSPS) is 46.6. The van der Waals surface area contributed by atoms with Crippen LogP contribution < -0.4 is 21.3 Å². The molecule has 123 heavy (non-hydrogen) atoms. The zero-order chi connectivity index (χ0) is 91.4. The molecule has 0 radical (unpaired) electrons. The minimum Gasteiger partial charge on any atom is -0.477 e. The van der Waals surface area contributed by atoms with Crippen LogP contribution in [0.4, 0.5) is 0 Å². The van der Waals surface area contributed by atoms with Crippen molar-refractivity contribution in [2.24, 2.45) is 0 Å². The molecule has 0 aliphatic carbocycles. The minimum atomic E-state index is -3.46. The molecule has 0 bridgehead atoms. The number of amides is 4. The van der Waals surface area contributed by atoms with E-state index in [1.807, 2.05) is 0 Å². The van der Waals surface area contributed by atoms with Gasteiger partial charge in [0.1, 0.15) is 201 Å². The number of nitrogens with one attached hydrogen (secondary N) is 4. The summed E-state index contributed by atoms with van der Waals surface area (Å²) in [4.78, 5) is 79.3. The first kappa shape index (κ1) is 102. The van der Waals surface area contributed by atoms with Crippen LogP contribution in [0.2, 0.25) is 0 Å². The Bertz CT molecular complexity index is 3430. The molecular weight excluding hydrogens is 1690 g/mol. The zero-order valence-electron chi connectivity index (χ0n) is 66.0. The quantitative estimate of drug-likeness (QED) is 0.0284. The van der Waals surface area contributed by atoms with Crippen molar-refractivity contribution in [2.75, 3.05) is 52.9 Å². The van der Waals surface area contributed by atoms with E-state index >= 15 is 0 Å². The molecule has 0 aromatic rings. The Hall–Kier alpha value is -4.90. The van der Waals surface area contributed by atoms with Crippen molar-refractivity contribution >= 4 is 35.6 Å². The number of hydrogen-bond donors (Lipinski definition) is 32. The fourth-order valence-corrected chi connectivity index (χ4v) is 15.7. The number of rotatable bonds is 34. The minimum absolute atomic E-state index is 0.777. The van der Waals surface area contributed by atoms with Gasteiger partial charge in [0, 0.05) is 40.5 Å². The van der Waals surface area contributed by atoms with Gasteiger partial charge < -0.3 is 245 Å². The predicted octanol–water partition coefficient (Wildman–Crippen LogP) is -20.6. The van der Waals surface area contributed by atoms with Crippen LogP contribution in [-0.4, -0.2) is 519 Å². The van der Waals surface area contributed by atoms with Gasteiger partial charge in [-0.2, -0.15) is 0 Å². The summed E-state index contributed by atoms with van der Waals surface area (Å²) in [6, 6.07) is -8.05. The topological polar surface area (TPSA) is 874 Å². The molecule has 0 spiro atoms. The number of aliphatic hydroxyl groups is 26. The Labute approximate surface area is 694 Å². The third-order valence-corrected chi connectivity index (χ3v) is 22.3. The summed E-state index contributed by atoms with van der Waals surface area (Å²) < 4.78 is 101. The Morgan fingerprint density at radius 2 is 0.732 bits per heavy atom. The van der Waals surface area contributed by atoms with Crippen LogP contribution in [0.25, 0.3) is 0 Å². The first-order valence-electron chi connectivity index (χ1n) is 38.7. The molecule has 9 heterocycles. The molecule has 0 aromatic heterocycles. The van der Waals surface area contributed by atoms with E-state index in [-0.39, 0.29) is 0 Å². The number of carbonyl (C=O) groups excluding carboxylic acids is 4. The summed E-state index contributed by atoms with van der Waals surface area (Å²) in [6.45, 7) is -5.42. The maximum atomic E-state index is 13.8. The van der Waals surface area contributed by atoms with Crippen LogP contribution >= 0.6 is 0 Å². The van der Waals surface area contributed by atoms with Gasteiger partial charge >= 0.3 is 11.9 Å². The molecule has 9 aliphatic rings. The van der Waals surface area contributed by atoms with Crippen LogP contribution in [-0.2, 0) is 109 Å². The number of carbonyl (C=O) groups is 6. The van der Waals surface area contributed by atoms with E-state index in [1.165, 1.54) is 6.92 Å². The lowest BCUT2D eigenvalue weighted by atomic mass is 9.88. The second-order valence-corrected chi connectivity index (χ2v) is 31.0. The van der Waals surface area contributed by atoms with E-state index in [0.717, 1.165) is 27.7 Å². The van der Waals surface area contributed by atoms with Crippen molar-refractivity contribution in [2.45, 2.75) is 335 Å². The number of ether oxygens (including phenoxy) is 17. The Balaban J connectivity index is 1.14. The molecule has 4 amide bonds. The van der Waals surface area contributed by atoms with E-state index in [4.69, 9.17) is 80.5 Å². The van der Waals surface area contributed by atoms with Gasteiger partial charge in [-0.3, -0.25) is 19.2 Å². The lowest BCUT2D eigenvalue weighted by Gasteiger charge is -2.52. The van der Waals surface area contributed by atoms with E-state index in [2.05, 4.69) is 21.3 Å².